The summed E-state index contributed by atoms with van der Waals surface area (Å²) in [7, 11) is 0. The van der Waals surface area contributed by atoms with Crippen molar-refractivity contribution >= 4 is 17.8 Å². The first kappa shape index (κ1) is 19.9. The van der Waals surface area contributed by atoms with Gasteiger partial charge in [-0.15, -0.1) is 0 Å². The van der Waals surface area contributed by atoms with Crippen LogP contribution in [0.15, 0.2) is 22.9 Å². The third-order valence-electron chi connectivity index (χ3n) is 3.96. The largest absolute Gasteiger partial charge is 0.480 e. The normalized spacial score (nSPS) is 14.5. The Morgan fingerprint density at radius 2 is 1.75 bits per heavy atom. The molecule has 134 valence electrons. The minimum atomic E-state index is -1.11. The molecule has 0 aromatic rings. The van der Waals surface area contributed by atoms with Crippen LogP contribution in [0.1, 0.15) is 46.0 Å². The van der Waals surface area contributed by atoms with Gasteiger partial charge < -0.3 is 15.5 Å². The van der Waals surface area contributed by atoms with Crippen molar-refractivity contribution in [2.75, 3.05) is 19.6 Å². The van der Waals surface area contributed by atoms with Crippen molar-refractivity contribution in [2.24, 2.45) is 0 Å². The summed E-state index contributed by atoms with van der Waals surface area (Å²) < 4.78 is 0. The molecule has 1 rings (SSSR count). The number of aliphatic carboxylic acids is 2. The Balaban J connectivity index is 2.66. The lowest BCUT2D eigenvalue weighted by Gasteiger charge is -2.22. The van der Waals surface area contributed by atoms with Crippen molar-refractivity contribution in [2.45, 2.75) is 46.0 Å². The van der Waals surface area contributed by atoms with Gasteiger partial charge in [-0.2, -0.15) is 0 Å². The van der Waals surface area contributed by atoms with Crippen LogP contribution in [0.5, 0.6) is 0 Å². The number of allylic oxidation sites excluding steroid dienone is 3. The lowest BCUT2D eigenvalue weighted by Crippen LogP contribution is -2.37. The van der Waals surface area contributed by atoms with E-state index in [9.17, 15) is 14.4 Å². The second-order valence-corrected chi connectivity index (χ2v) is 5.75. The predicted octanol–water partition coefficient (Wildman–Crippen LogP) is 1.76. The molecule has 0 heterocycles. The zero-order valence-electron chi connectivity index (χ0n) is 14.3. The molecule has 0 saturated heterocycles. The summed E-state index contributed by atoms with van der Waals surface area (Å²) in [5.74, 6) is -2.45. The van der Waals surface area contributed by atoms with Crippen LogP contribution in [0.2, 0.25) is 0 Å². The number of rotatable bonds is 10. The second kappa shape index (κ2) is 9.87. The van der Waals surface area contributed by atoms with Gasteiger partial charge in [-0.3, -0.25) is 19.3 Å². The maximum Gasteiger partial charge on any atom is 0.317 e. The first-order valence-electron chi connectivity index (χ1n) is 8.24. The highest BCUT2D eigenvalue weighted by Gasteiger charge is 2.18. The highest BCUT2D eigenvalue weighted by Crippen LogP contribution is 2.27. The molecule has 24 heavy (non-hydrogen) atoms. The van der Waals surface area contributed by atoms with E-state index >= 15 is 0 Å². The smallest absolute Gasteiger partial charge is 0.317 e. The van der Waals surface area contributed by atoms with E-state index < -0.39 is 25.0 Å². The van der Waals surface area contributed by atoms with Gasteiger partial charge in [0.2, 0.25) is 5.91 Å². The van der Waals surface area contributed by atoms with Gasteiger partial charge in [0.05, 0.1) is 13.1 Å². The zero-order valence-corrected chi connectivity index (χ0v) is 14.3. The van der Waals surface area contributed by atoms with Crippen LogP contribution in [-0.4, -0.2) is 52.6 Å². The fraction of sp³-hybridized carbons (Fsp3) is 0.588. The average molecular weight is 338 g/mol. The highest BCUT2D eigenvalue weighted by molar-refractivity contribution is 5.79. The molecule has 0 unspecified atom stereocenters. The number of nitrogens with zero attached hydrogens (tertiary/aromatic N) is 1. The molecule has 7 nitrogen and oxygen atoms in total. The molecule has 0 aromatic heterocycles. The van der Waals surface area contributed by atoms with Crippen molar-refractivity contribution in [3.05, 3.63) is 22.9 Å². The van der Waals surface area contributed by atoms with Gasteiger partial charge in [0, 0.05) is 18.7 Å². The van der Waals surface area contributed by atoms with Crippen LogP contribution in [-0.2, 0) is 14.4 Å². The second-order valence-electron chi connectivity index (χ2n) is 5.75. The molecule has 0 spiro atoms. The summed E-state index contributed by atoms with van der Waals surface area (Å²) in [4.78, 5) is 35.0. The zero-order chi connectivity index (χ0) is 18.1. The molecule has 0 fully saturated rings. The van der Waals surface area contributed by atoms with Crippen LogP contribution in [0, 0.1) is 0 Å². The fourth-order valence-corrected chi connectivity index (χ4v) is 2.78. The van der Waals surface area contributed by atoms with Crippen LogP contribution >= 0.6 is 0 Å². The molecular weight excluding hydrogens is 312 g/mol. The molecule has 0 saturated carbocycles. The number of nitrogens with one attached hydrogen (secondary N) is 1. The number of amides is 1. The lowest BCUT2D eigenvalue weighted by molar-refractivity contribution is -0.142. The fourth-order valence-electron chi connectivity index (χ4n) is 2.78. The molecule has 0 aromatic carbocycles. The summed E-state index contributed by atoms with van der Waals surface area (Å²) in [6.07, 6.45) is 5.81. The molecule has 1 aliphatic rings. The Hall–Kier alpha value is -2.15. The molecule has 7 heteroatoms. The molecular formula is C17H26N2O5. The molecule has 0 radical (unpaired) electrons. The summed E-state index contributed by atoms with van der Waals surface area (Å²) in [6, 6.07) is 0. The van der Waals surface area contributed by atoms with Crippen LogP contribution in [0.3, 0.4) is 0 Å². The first-order chi connectivity index (χ1) is 11.4. The summed E-state index contributed by atoms with van der Waals surface area (Å²) >= 11 is 0. The van der Waals surface area contributed by atoms with Crippen molar-refractivity contribution in [3.63, 3.8) is 0 Å². The Bertz CT molecular complexity index is 535. The Morgan fingerprint density at radius 3 is 2.25 bits per heavy atom. The number of hydrogen-bond acceptors (Lipinski definition) is 4. The number of carbonyl (C=O) groups excluding carboxylic acids is 1. The maximum absolute atomic E-state index is 12.2. The third-order valence-corrected chi connectivity index (χ3v) is 3.96. The minimum Gasteiger partial charge on any atom is -0.480 e. The minimum absolute atomic E-state index is 0.0536. The average Bonchev–Trinajstić information content (AvgIpc) is 2.51. The highest BCUT2D eigenvalue weighted by atomic mass is 16.4. The van der Waals surface area contributed by atoms with Crippen LogP contribution in [0.4, 0.5) is 0 Å². The van der Waals surface area contributed by atoms with Crippen molar-refractivity contribution < 1.29 is 24.6 Å². The Morgan fingerprint density at radius 1 is 1.12 bits per heavy atom. The topological polar surface area (TPSA) is 107 Å². The van der Waals surface area contributed by atoms with Gasteiger partial charge in [0.15, 0.2) is 0 Å². The van der Waals surface area contributed by atoms with Crippen molar-refractivity contribution in [3.8, 4) is 0 Å². The molecule has 0 aliphatic heterocycles. The maximum atomic E-state index is 12.2. The van der Waals surface area contributed by atoms with E-state index in [1.54, 1.807) is 0 Å². The molecule has 0 bridgehead atoms. The quantitative estimate of drug-likeness (QED) is 0.560. The van der Waals surface area contributed by atoms with Gasteiger partial charge >= 0.3 is 11.9 Å². The Kier molecular flexibility index (Phi) is 8.18. The van der Waals surface area contributed by atoms with E-state index in [-0.39, 0.29) is 18.9 Å². The van der Waals surface area contributed by atoms with E-state index in [4.69, 9.17) is 10.2 Å². The Labute approximate surface area is 142 Å². The number of carboxylic acid groups (broad SMARTS) is 2. The van der Waals surface area contributed by atoms with Crippen LogP contribution in [0.25, 0.3) is 0 Å². The molecule has 1 aliphatic carbocycles. The van der Waals surface area contributed by atoms with Gasteiger partial charge in [0.25, 0.3) is 0 Å². The monoisotopic (exact) mass is 338 g/mol. The SMILES string of the molecule is CCC1=CCCC(CC)=C1NC(=O)CCN(CC(=O)O)CC(=O)O. The van der Waals surface area contributed by atoms with Gasteiger partial charge in [-0.05, 0) is 36.8 Å². The van der Waals surface area contributed by atoms with E-state index in [2.05, 4.69) is 18.3 Å². The third kappa shape index (κ3) is 6.54. The van der Waals surface area contributed by atoms with E-state index in [0.717, 1.165) is 37.0 Å². The van der Waals surface area contributed by atoms with E-state index in [1.165, 1.54) is 10.5 Å². The summed E-state index contributed by atoms with van der Waals surface area (Å²) in [6.45, 7) is 3.38. The molecule has 1 amide bonds. The van der Waals surface area contributed by atoms with E-state index in [0.29, 0.717) is 0 Å². The molecule has 3 N–H and O–H groups in total. The van der Waals surface area contributed by atoms with Crippen molar-refractivity contribution in [1.29, 1.82) is 0 Å². The van der Waals surface area contributed by atoms with Gasteiger partial charge in [-0.1, -0.05) is 19.9 Å². The first-order valence-corrected chi connectivity index (χ1v) is 8.24. The lowest BCUT2D eigenvalue weighted by atomic mass is 9.92. The summed E-state index contributed by atoms with van der Waals surface area (Å²) in [5.41, 5.74) is 3.23. The predicted molar refractivity (Wildman–Crippen MR) is 89.4 cm³/mol. The van der Waals surface area contributed by atoms with Gasteiger partial charge in [-0.25, -0.2) is 0 Å². The standard InChI is InChI=1S/C17H26N2O5/c1-3-12-6-5-7-13(4-2)17(12)18-14(20)8-9-19(10-15(21)22)11-16(23)24/h6H,3-5,7-11H2,1-2H3,(H,18,20)(H,21,22)(H,23,24). The summed E-state index contributed by atoms with van der Waals surface area (Å²) in [5, 5.41) is 20.5. The number of carboxylic acids is 2. The number of hydrogen-bond donors (Lipinski definition) is 3. The van der Waals surface area contributed by atoms with E-state index in [1.807, 2.05) is 6.92 Å². The number of carbonyl (C=O) groups is 3. The molecule has 0 atom stereocenters. The van der Waals surface area contributed by atoms with Crippen molar-refractivity contribution in [1.82, 2.24) is 10.2 Å². The van der Waals surface area contributed by atoms with Gasteiger partial charge in [0.1, 0.15) is 0 Å². The van der Waals surface area contributed by atoms with Crippen LogP contribution < -0.4 is 5.32 Å².